The molecule has 11 heteroatoms. The number of alkyl halides is 3. The van der Waals surface area contributed by atoms with Gasteiger partial charge in [0.1, 0.15) is 0 Å². The summed E-state index contributed by atoms with van der Waals surface area (Å²) in [5, 5.41) is 2.52. The highest BCUT2D eigenvalue weighted by Gasteiger charge is 2.28. The van der Waals surface area contributed by atoms with E-state index in [1.807, 2.05) is 0 Å². The van der Waals surface area contributed by atoms with E-state index in [2.05, 4.69) is 15.0 Å². The van der Waals surface area contributed by atoms with Crippen LogP contribution in [0.3, 0.4) is 0 Å². The van der Waals surface area contributed by atoms with E-state index in [0.29, 0.717) is 17.2 Å². The van der Waals surface area contributed by atoms with Crippen molar-refractivity contribution in [2.45, 2.75) is 6.18 Å². The van der Waals surface area contributed by atoms with Crippen LogP contribution in [0.15, 0.2) is 36.5 Å². The molecule has 1 aliphatic rings. The van der Waals surface area contributed by atoms with Gasteiger partial charge in [-0.2, -0.15) is 13.2 Å². The number of rotatable bonds is 6. The average molecular weight is 398 g/mol. The minimum Gasteiger partial charge on any atom is -0.468 e. The van der Waals surface area contributed by atoms with Crippen LogP contribution in [0.1, 0.15) is 10.4 Å². The Morgan fingerprint density at radius 2 is 1.93 bits per heavy atom. The van der Waals surface area contributed by atoms with Crippen LogP contribution in [0.5, 0.6) is 17.4 Å². The topological polar surface area (TPSA) is 96.0 Å². The normalized spacial score (nSPS) is 12.4. The molecule has 1 N–H and O–H groups in total. The van der Waals surface area contributed by atoms with Gasteiger partial charge in [-0.25, -0.2) is 9.78 Å². The Morgan fingerprint density at radius 3 is 2.64 bits per heavy atom. The molecule has 3 rings (SSSR count). The number of hydrogen-bond acceptors (Lipinski definition) is 7. The van der Waals surface area contributed by atoms with Crippen molar-refractivity contribution in [2.75, 3.05) is 25.3 Å². The summed E-state index contributed by atoms with van der Waals surface area (Å²) in [7, 11) is 0. The molecule has 0 atom stereocenters. The second-order valence-electron chi connectivity index (χ2n) is 5.48. The minimum atomic E-state index is -4.50. The summed E-state index contributed by atoms with van der Waals surface area (Å²) in [6.45, 7) is -1.97. The molecule has 1 aromatic carbocycles. The van der Waals surface area contributed by atoms with Crippen LogP contribution >= 0.6 is 0 Å². The van der Waals surface area contributed by atoms with Crippen LogP contribution in [-0.4, -0.2) is 43.0 Å². The van der Waals surface area contributed by atoms with Gasteiger partial charge in [-0.05, 0) is 18.2 Å². The van der Waals surface area contributed by atoms with Gasteiger partial charge < -0.3 is 24.3 Å². The van der Waals surface area contributed by atoms with Crippen molar-refractivity contribution < 1.29 is 41.7 Å². The van der Waals surface area contributed by atoms with Gasteiger partial charge in [-0.1, -0.05) is 0 Å². The third kappa shape index (κ3) is 5.25. The number of pyridine rings is 1. The van der Waals surface area contributed by atoms with Crippen molar-refractivity contribution in [1.29, 1.82) is 0 Å². The van der Waals surface area contributed by atoms with Gasteiger partial charge >= 0.3 is 12.1 Å². The lowest BCUT2D eigenvalue weighted by atomic mass is 10.3. The Hall–Kier alpha value is -3.50. The molecule has 1 aliphatic heterocycles. The van der Waals surface area contributed by atoms with Crippen molar-refractivity contribution in [3.63, 3.8) is 0 Å². The van der Waals surface area contributed by atoms with E-state index in [-0.39, 0.29) is 18.2 Å². The maximum absolute atomic E-state index is 12.1. The maximum atomic E-state index is 12.1. The Labute approximate surface area is 156 Å². The summed E-state index contributed by atoms with van der Waals surface area (Å²) >= 11 is 0. The van der Waals surface area contributed by atoms with Crippen molar-refractivity contribution in [3.05, 3.63) is 42.1 Å². The van der Waals surface area contributed by atoms with Crippen LogP contribution < -0.4 is 19.5 Å². The summed E-state index contributed by atoms with van der Waals surface area (Å²) in [4.78, 5) is 27.3. The van der Waals surface area contributed by atoms with E-state index < -0.39 is 31.3 Å². The molecule has 1 aromatic heterocycles. The fourth-order valence-corrected chi connectivity index (χ4v) is 2.13. The summed E-state index contributed by atoms with van der Waals surface area (Å²) in [6, 6.07) is 7.05. The van der Waals surface area contributed by atoms with E-state index in [0.717, 1.165) is 12.3 Å². The number of aromatic nitrogens is 1. The zero-order chi connectivity index (χ0) is 20.1. The number of ether oxygens (including phenoxy) is 4. The first-order valence-electron chi connectivity index (χ1n) is 7.82. The molecule has 1 amide bonds. The number of fused-ring (bicyclic) bond motifs is 1. The number of carbonyl (C=O) groups excluding carboxylic acids is 2. The first-order valence-corrected chi connectivity index (χ1v) is 7.82. The fourth-order valence-electron chi connectivity index (χ4n) is 2.13. The number of anilines is 1. The molecule has 2 heterocycles. The van der Waals surface area contributed by atoms with E-state index in [1.54, 1.807) is 18.2 Å². The number of benzene rings is 1. The van der Waals surface area contributed by atoms with Crippen LogP contribution in [-0.2, 0) is 9.53 Å². The van der Waals surface area contributed by atoms with Gasteiger partial charge in [0.2, 0.25) is 12.7 Å². The molecule has 2 aromatic rings. The number of nitrogens with zero attached hydrogens (tertiary/aromatic N) is 1. The number of nitrogens with one attached hydrogen (secondary N) is 1. The van der Waals surface area contributed by atoms with Gasteiger partial charge in [0.05, 0.1) is 5.56 Å². The third-order valence-electron chi connectivity index (χ3n) is 3.35. The van der Waals surface area contributed by atoms with Gasteiger partial charge in [-0.3, -0.25) is 4.79 Å². The highest BCUT2D eigenvalue weighted by Crippen LogP contribution is 2.34. The summed E-state index contributed by atoms with van der Waals surface area (Å²) < 4.78 is 55.8. The van der Waals surface area contributed by atoms with Gasteiger partial charge in [0, 0.05) is 24.0 Å². The number of carbonyl (C=O) groups is 2. The fraction of sp³-hybridized carbons (Fsp3) is 0.235. The molecular weight excluding hydrogens is 385 g/mol. The lowest BCUT2D eigenvalue weighted by Gasteiger charge is -2.09. The maximum Gasteiger partial charge on any atom is 0.422 e. The molecule has 0 spiro atoms. The van der Waals surface area contributed by atoms with Crippen LogP contribution in [0.4, 0.5) is 18.9 Å². The van der Waals surface area contributed by atoms with Crippen molar-refractivity contribution in [1.82, 2.24) is 4.98 Å². The summed E-state index contributed by atoms with van der Waals surface area (Å²) in [6.07, 6.45) is -3.51. The Morgan fingerprint density at radius 1 is 1.14 bits per heavy atom. The first kappa shape index (κ1) is 19.3. The Bertz CT molecular complexity index is 870. The predicted octanol–water partition coefficient (Wildman–Crippen LogP) is 2.55. The van der Waals surface area contributed by atoms with E-state index in [1.165, 1.54) is 6.07 Å². The van der Waals surface area contributed by atoms with E-state index in [4.69, 9.17) is 14.2 Å². The van der Waals surface area contributed by atoms with Crippen molar-refractivity contribution in [2.24, 2.45) is 0 Å². The average Bonchev–Trinajstić information content (AvgIpc) is 3.12. The molecule has 0 saturated heterocycles. The highest BCUT2D eigenvalue weighted by atomic mass is 19.4. The molecule has 148 valence electrons. The SMILES string of the molecule is O=C(COC(=O)c1ccc(OCC(F)(F)F)nc1)Nc1ccc2c(c1)OCO2. The van der Waals surface area contributed by atoms with Crippen LogP contribution in [0.2, 0.25) is 0 Å². The quantitative estimate of drug-likeness (QED) is 0.747. The van der Waals surface area contributed by atoms with Crippen LogP contribution in [0, 0.1) is 0 Å². The van der Waals surface area contributed by atoms with E-state index in [9.17, 15) is 22.8 Å². The number of esters is 1. The second kappa shape index (κ2) is 8.03. The minimum absolute atomic E-state index is 0.0461. The molecule has 0 aliphatic carbocycles. The van der Waals surface area contributed by atoms with E-state index >= 15 is 0 Å². The lowest BCUT2D eigenvalue weighted by Crippen LogP contribution is -2.21. The first-order chi connectivity index (χ1) is 13.3. The molecule has 28 heavy (non-hydrogen) atoms. The van der Waals surface area contributed by atoms with Gasteiger partial charge in [0.25, 0.3) is 5.91 Å². The second-order valence-corrected chi connectivity index (χ2v) is 5.48. The Kier molecular flexibility index (Phi) is 5.52. The largest absolute Gasteiger partial charge is 0.468 e. The zero-order valence-corrected chi connectivity index (χ0v) is 14.1. The zero-order valence-electron chi connectivity index (χ0n) is 14.1. The third-order valence-corrected chi connectivity index (χ3v) is 3.35. The molecule has 8 nitrogen and oxygen atoms in total. The van der Waals surface area contributed by atoms with Gasteiger partial charge in [0.15, 0.2) is 24.7 Å². The smallest absolute Gasteiger partial charge is 0.422 e. The lowest BCUT2D eigenvalue weighted by molar-refractivity contribution is -0.154. The van der Waals surface area contributed by atoms with Crippen molar-refractivity contribution in [3.8, 4) is 17.4 Å². The standard InChI is InChI=1S/C17H13F3N2O6/c18-17(19,20)8-26-15-4-1-10(6-21-15)16(24)25-7-14(23)22-11-2-3-12-13(5-11)28-9-27-12/h1-6H,7-9H2,(H,22,23). The number of amides is 1. The molecule has 0 radical (unpaired) electrons. The van der Waals surface area contributed by atoms with Gasteiger partial charge in [-0.15, -0.1) is 0 Å². The molecule has 0 bridgehead atoms. The van der Waals surface area contributed by atoms with Crippen LogP contribution in [0.25, 0.3) is 0 Å². The summed E-state index contributed by atoms with van der Waals surface area (Å²) in [5.74, 6) is -0.719. The molecule has 0 saturated carbocycles. The number of hydrogen-bond donors (Lipinski definition) is 1. The molecule has 0 unspecified atom stereocenters. The Balaban J connectivity index is 1.47. The molecular formula is C17H13F3N2O6. The predicted molar refractivity (Wildman–Crippen MR) is 87.3 cm³/mol. The number of halogens is 3. The molecule has 0 fully saturated rings. The highest BCUT2D eigenvalue weighted by molar-refractivity contribution is 5.95. The van der Waals surface area contributed by atoms with Crippen molar-refractivity contribution >= 4 is 17.6 Å². The summed E-state index contributed by atoms with van der Waals surface area (Å²) in [5.41, 5.74) is 0.383. The monoisotopic (exact) mass is 398 g/mol.